The molecule has 1 aromatic carbocycles. The van der Waals surface area contributed by atoms with Crippen LogP contribution in [-0.4, -0.2) is 21.0 Å². The van der Waals surface area contributed by atoms with Crippen LogP contribution in [0.15, 0.2) is 23.1 Å². The number of benzene rings is 1. The Morgan fingerprint density at radius 2 is 1.95 bits per heavy atom. The van der Waals surface area contributed by atoms with Gasteiger partial charge >= 0.3 is 6.18 Å². The van der Waals surface area contributed by atoms with Crippen molar-refractivity contribution in [3.8, 4) is 0 Å². The molecule has 1 aromatic rings. The number of nitrogens with two attached hydrogens (primary N) is 1. The summed E-state index contributed by atoms with van der Waals surface area (Å²) in [6, 6.07) is 2.62. The fraction of sp³-hybridized carbons (Fsp3) is 0.455. The fourth-order valence-corrected chi connectivity index (χ4v) is 2.94. The SMILES string of the molecule is Cc1c(C(F)(F)F)cccc1S(=O)(=O)NCC(C)N. The Labute approximate surface area is 109 Å². The molecule has 1 unspecified atom stereocenters. The first kappa shape index (κ1) is 15.9. The molecule has 0 spiro atoms. The summed E-state index contributed by atoms with van der Waals surface area (Å²) in [5.74, 6) is 0. The fourth-order valence-electron chi connectivity index (χ4n) is 1.53. The second kappa shape index (κ2) is 5.48. The molecule has 0 radical (unpaired) electrons. The zero-order valence-electron chi connectivity index (χ0n) is 10.5. The number of halogens is 3. The van der Waals surface area contributed by atoms with Crippen molar-refractivity contribution in [3.05, 3.63) is 29.3 Å². The third kappa shape index (κ3) is 3.92. The van der Waals surface area contributed by atoms with Gasteiger partial charge in [0.05, 0.1) is 10.5 Å². The summed E-state index contributed by atoms with van der Waals surface area (Å²) < 4.78 is 64.1. The number of rotatable bonds is 4. The van der Waals surface area contributed by atoms with Crippen molar-refractivity contribution in [2.45, 2.75) is 31.0 Å². The number of hydrogen-bond acceptors (Lipinski definition) is 3. The van der Waals surface area contributed by atoms with Crippen molar-refractivity contribution in [1.82, 2.24) is 4.72 Å². The van der Waals surface area contributed by atoms with Crippen LogP contribution in [0.3, 0.4) is 0 Å². The second-order valence-electron chi connectivity index (χ2n) is 4.26. The Hall–Kier alpha value is -1.12. The summed E-state index contributed by atoms with van der Waals surface area (Å²) in [4.78, 5) is -0.386. The molecule has 0 saturated heterocycles. The lowest BCUT2D eigenvalue weighted by molar-refractivity contribution is -0.138. The Morgan fingerprint density at radius 3 is 2.42 bits per heavy atom. The van der Waals surface area contributed by atoms with Gasteiger partial charge in [0.25, 0.3) is 0 Å². The van der Waals surface area contributed by atoms with E-state index < -0.39 is 27.8 Å². The molecule has 8 heteroatoms. The predicted molar refractivity (Wildman–Crippen MR) is 65.0 cm³/mol. The molecule has 0 bridgehead atoms. The molecule has 0 heterocycles. The van der Waals surface area contributed by atoms with Crippen LogP contribution in [0.25, 0.3) is 0 Å². The molecule has 0 amide bonds. The van der Waals surface area contributed by atoms with E-state index in [2.05, 4.69) is 4.72 Å². The van der Waals surface area contributed by atoms with Crippen molar-refractivity contribution < 1.29 is 21.6 Å². The number of nitrogens with one attached hydrogen (secondary N) is 1. The molecule has 0 aliphatic heterocycles. The standard InChI is InChI=1S/C11H15F3N2O2S/c1-7(15)6-16-19(17,18)10-5-3-4-9(8(10)2)11(12,13)14/h3-5,7,16H,6,15H2,1-2H3. The van der Waals surface area contributed by atoms with Gasteiger partial charge in [-0.1, -0.05) is 6.07 Å². The highest BCUT2D eigenvalue weighted by atomic mass is 32.2. The van der Waals surface area contributed by atoms with Crippen molar-refractivity contribution in [2.24, 2.45) is 5.73 Å². The first-order chi connectivity index (χ1) is 8.55. The smallest absolute Gasteiger partial charge is 0.327 e. The minimum atomic E-state index is -4.59. The Morgan fingerprint density at radius 1 is 1.37 bits per heavy atom. The molecule has 0 aliphatic carbocycles. The van der Waals surface area contributed by atoms with Gasteiger partial charge in [0.1, 0.15) is 0 Å². The molecule has 3 N–H and O–H groups in total. The molecule has 19 heavy (non-hydrogen) atoms. The molecule has 4 nitrogen and oxygen atoms in total. The van der Waals surface area contributed by atoms with Crippen molar-refractivity contribution in [3.63, 3.8) is 0 Å². The van der Waals surface area contributed by atoms with Crippen LogP contribution in [0, 0.1) is 6.92 Å². The first-order valence-corrected chi connectivity index (χ1v) is 6.96. The topological polar surface area (TPSA) is 72.2 Å². The van der Waals surface area contributed by atoms with Gasteiger partial charge in [-0.2, -0.15) is 13.2 Å². The summed E-state index contributed by atoms with van der Waals surface area (Å²) in [6.45, 7) is 2.67. The van der Waals surface area contributed by atoms with Gasteiger partial charge in [-0.3, -0.25) is 0 Å². The van der Waals surface area contributed by atoms with Crippen LogP contribution >= 0.6 is 0 Å². The maximum atomic E-state index is 12.7. The zero-order chi connectivity index (χ0) is 14.8. The quantitative estimate of drug-likeness (QED) is 0.887. The first-order valence-electron chi connectivity index (χ1n) is 5.48. The van der Waals surface area contributed by atoms with Crippen LogP contribution in [0.1, 0.15) is 18.1 Å². The normalized spacial score (nSPS) is 14.4. The van der Waals surface area contributed by atoms with Crippen LogP contribution < -0.4 is 10.5 Å². The molecule has 0 fully saturated rings. The molecular weight excluding hydrogens is 281 g/mol. The van der Waals surface area contributed by atoms with Gasteiger partial charge in [0.2, 0.25) is 10.0 Å². The highest BCUT2D eigenvalue weighted by Crippen LogP contribution is 2.33. The highest BCUT2D eigenvalue weighted by molar-refractivity contribution is 7.89. The van der Waals surface area contributed by atoms with E-state index in [4.69, 9.17) is 5.73 Å². The van der Waals surface area contributed by atoms with E-state index in [1.807, 2.05) is 0 Å². The molecule has 1 rings (SSSR count). The van der Waals surface area contributed by atoms with Gasteiger partial charge in [-0.25, -0.2) is 13.1 Å². The van der Waals surface area contributed by atoms with Gasteiger partial charge in [0.15, 0.2) is 0 Å². The molecule has 108 valence electrons. The summed E-state index contributed by atoms with van der Waals surface area (Å²) in [6.07, 6.45) is -4.59. The average Bonchev–Trinajstić information content (AvgIpc) is 2.25. The third-order valence-electron chi connectivity index (χ3n) is 2.47. The van der Waals surface area contributed by atoms with E-state index in [1.54, 1.807) is 6.92 Å². The van der Waals surface area contributed by atoms with Crippen molar-refractivity contribution in [1.29, 1.82) is 0 Å². The van der Waals surface area contributed by atoms with Crippen LogP contribution in [0.2, 0.25) is 0 Å². The minimum absolute atomic E-state index is 0.0436. The van der Waals surface area contributed by atoms with Gasteiger partial charge in [-0.15, -0.1) is 0 Å². The predicted octanol–water partition coefficient (Wildman–Crippen LogP) is 1.64. The number of hydrogen-bond donors (Lipinski definition) is 2. The number of sulfonamides is 1. The zero-order valence-corrected chi connectivity index (χ0v) is 11.3. The van der Waals surface area contributed by atoms with Gasteiger partial charge in [0, 0.05) is 12.6 Å². The van der Waals surface area contributed by atoms with Crippen LogP contribution in [0.4, 0.5) is 13.2 Å². The molecule has 1 atom stereocenters. The lowest BCUT2D eigenvalue weighted by atomic mass is 10.1. The van der Waals surface area contributed by atoms with E-state index in [0.717, 1.165) is 25.1 Å². The lowest BCUT2D eigenvalue weighted by Crippen LogP contribution is -2.35. The van der Waals surface area contributed by atoms with Gasteiger partial charge < -0.3 is 5.73 Å². The Bertz CT molecular complexity index is 554. The van der Waals surface area contributed by atoms with E-state index in [9.17, 15) is 21.6 Å². The maximum absolute atomic E-state index is 12.7. The second-order valence-corrected chi connectivity index (χ2v) is 5.99. The molecular formula is C11H15F3N2O2S. The summed E-state index contributed by atoms with van der Waals surface area (Å²) in [7, 11) is -4.00. The average molecular weight is 296 g/mol. The maximum Gasteiger partial charge on any atom is 0.416 e. The Kier molecular flexibility index (Phi) is 4.59. The number of alkyl halides is 3. The molecule has 0 aliphatic rings. The van der Waals surface area contributed by atoms with E-state index in [-0.39, 0.29) is 17.0 Å². The van der Waals surface area contributed by atoms with E-state index >= 15 is 0 Å². The summed E-state index contributed by atoms with van der Waals surface area (Å²) in [5.41, 5.74) is 4.12. The minimum Gasteiger partial charge on any atom is -0.327 e. The monoisotopic (exact) mass is 296 g/mol. The summed E-state index contributed by atoms with van der Waals surface area (Å²) in [5, 5.41) is 0. The largest absolute Gasteiger partial charge is 0.416 e. The molecule has 0 aromatic heterocycles. The third-order valence-corrected chi connectivity index (χ3v) is 4.04. The van der Waals surface area contributed by atoms with E-state index in [0.29, 0.717) is 0 Å². The Balaban J connectivity index is 3.22. The highest BCUT2D eigenvalue weighted by Gasteiger charge is 2.34. The molecule has 0 saturated carbocycles. The van der Waals surface area contributed by atoms with Crippen molar-refractivity contribution >= 4 is 10.0 Å². The van der Waals surface area contributed by atoms with Crippen LogP contribution in [-0.2, 0) is 16.2 Å². The van der Waals surface area contributed by atoms with Gasteiger partial charge in [-0.05, 0) is 31.5 Å². The van der Waals surface area contributed by atoms with E-state index in [1.165, 1.54) is 0 Å². The lowest BCUT2D eigenvalue weighted by Gasteiger charge is -2.15. The summed E-state index contributed by atoms with van der Waals surface area (Å²) >= 11 is 0. The van der Waals surface area contributed by atoms with Crippen LogP contribution in [0.5, 0.6) is 0 Å². The van der Waals surface area contributed by atoms with Crippen molar-refractivity contribution in [2.75, 3.05) is 6.54 Å².